The average molecular weight is 373 g/mol. The van der Waals surface area contributed by atoms with Crippen LogP contribution in [0.25, 0.3) is 0 Å². The summed E-state index contributed by atoms with van der Waals surface area (Å²) in [4.78, 5) is 14.9. The highest BCUT2D eigenvalue weighted by molar-refractivity contribution is 7.90. The number of fused-ring (bicyclic) bond motifs is 1. The second kappa shape index (κ2) is 7.11. The molecule has 1 amide bonds. The zero-order valence-corrected chi connectivity index (χ0v) is 16.0. The van der Waals surface area contributed by atoms with Gasteiger partial charge in [0.15, 0.2) is 15.9 Å². The molecule has 3 rings (SSSR count). The highest BCUT2D eigenvalue weighted by Crippen LogP contribution is 2.30. The number of carbonyl (C=O) groups is 1. The molecular formula is C20H23NO4S. The van der Waals surface area contributed by atoms with Crippen molar-refractivity contribution in [3.8, 4) is 5.75 Å². The lowest BCUT2D eigenvalue weighted by Crippen LogP contribution is -2.43. The maximum absolute atomic E-state index is 12.9. The molecule has 2 aromatic carbocycles. The van der Waals surface area contributed by atoms with Crippen LogP contribution in [0.15, 0.2) is 47.4 Å². The second-order valence-corrected chi connectivity index (χ2v) is 8.74. The van der Waals surface area contributed by atoms with Crippen molar-refractivity contribution in [1.29, 1.82) is 0 Å². The number of ether oxygens (including phenoxy) is 1. The van der Waals surface area contributed by atoms with Crippen LogP contribution in [0.5, 0.6) is 5.75 Å². The summed E-state index contributed by atoms with van der Waals surface area (Å²) in [7, 11) is -3.26. The molecular weight excluding hydrogens is 350 g/mol. The van der Waals surface area contributed by atoms with Crippen LogP contribution < -0.4 is 9.64 Å². The molecule has 0 bridgehead atoms. The van der Waals surface area contributed by atoms with Gasteiger partial charge in [-0.2, -0.15) is 0 Å². The van der Waals surface area contributed by atoms with Crippen molar-refractivity contribution < 1.29 is 17.9 Å². The van der Waals surface area contributed by atoms with Crippen molar-refractivity contribution in [1.82, 2.24) is 0 Å². The molecule has 1 heterocycles. The van der Waals surface area contributed by atoms with E-state index < -0.39 is 15.9 Å². The summed E-state index contributed by atoms with van der Waals surface area (Å²) in [5.41, 5.74) is 2.78. The summed E-state index contributed by atoms with van der Waals surface area (Å²) in [6, 6.07) is 12.5. The second-order valence-electron chi connectivity index (χ2n) is 6.73. The van der Waals surface area contributed by atoms with Gasteiger partial charge in [-0.15, -0.1) is 0 Å². The van der Waals surface area contributed by atoms with Gasteiger partial charge in [-0.3, -0.25) is 4.79 Å². The Morgan fingerprint density at radius 3 is 2.50 bits per heavy atom. The van der Waals surface area contributed by atoms with Crippen LogP contribution in [0.4, 0.5) is 5.69 Å². The van der Waals surface area contributed by atoms with Gasteiger partial charge >= 0.3 is 0 Å². The molecule has 5 nitrogen and oxygen atoms in total. The van der Waals surface area contributed by atoms with Crippen LogP contribution >= 0.6 is 0 Å². The normalized spacial score (nSPS) is 15.3. The Morgan fingerprint density at radius 2 is 1.85 bits per heavy atom. The topological polar surface area (TPSA) is 63.7 Å². The van der Waals surface area contributed by atoms with Gasteiger partial charge in [-0.1, -0.05) is 17.7 Å². The Bertz CT molecular complexity index is 919. The van der Waals surface area contributed by atoms with Gasteiger partial charge in [0.25, 0.3) is 5.91 Å². The minimum absolute atomic E-state index is 0.126. The molecule has 0 aliphatic carbocycles. The highest BCUT2D eigenvalue weighted by Gasteiger charge is 2.28. The fourth-order valence-corrected chi connectivity index (χ4v) is 3.80. The molecule has 0 N–H and O–H groups in total. The monoisotopic (exact) mass is 373 g/mol. The summed E-state index contributed by atoms with van der Waals surface area (Å²) < 4.78 is 29.3. The minimum Gasteiger partial charge on any atom is -0.481 e. The minimum atomic E-state index is -3.26. The molecule has 6 heteroatoms. The van der Waals surface area contributed by atoms with Crippen molar-refractivity contribution >= 4 is 21.4 Å². The summed E-state index contributed by atoms with van der Waals surface area (Å²) >= 11 is 0. The number of rotatable bonds is 4. The molecule has 0 fully saturated rings. The summed E-state index contributed by atoms with van der Waals surface area (Å²) in [6.45, 7) is 4.33. The number of carbonyl (C=O) groups excluding carboxylic acids is 1. The number of nitrogens with zero attached hydrogens (tertiary/aromatic N) is 1. The molecule has 0 saturated carbocycles. The average Bonchev–Trinajstić information content (AvgIpc) is 2.61. The van der Waals surface area contributed by atoms with Crippen LogP contribution in [0, 0.1) is 6.92 Å². The van der Waals surface area contributed by atoms with Gasteiger partial charge in [-0.05, 0) is 62.6 Å². The summed E-state index contributed by atoms with van der Waals surface area (Å²) in [6.07, 6.45) is 2.12. The Kier molecular flexibility index (Phi) is 5.05. The maximum atomic E-state index is 12.9. The van der Waals surface area contributed by atoms with Crippen molar-refractivity contribution in [3.63, 3.8) is 0 Å². The lowest BCUT2D eigenvalue weighted by molar-refractivity contribution is -0.124. The number of benzene rings is 2. The van der Waals surface area contributed by atoms with Gasteiger partial charge in [0.2, 0.25) is 0 Å². The number of sulfone groups is 1. The summed E-state index contributed by atoms with van der Waals surface area (Å²) in [5.74, 6) is 0.528. The van der Waals surface area contributed by atoms with E-state index in [1.165, 1.54) is 6.26 Å². The van der Waals surface area contributed by atoms with Crippen LogP contribution in [-0.2, 0) is 21.1 Å². The third kappa shape index (κ3) is 3.90. The van der Waals surface area contributed by atoms with Crippen molar-refractivity contribution in [2.75, 3.05) is 17.7 Å². The summed E-state index contributed by atoms with van der Waals surface area (Å²) in [5, 5.41) is 0. The van der Waals surface area contributed by atoms with Crippen LogP contribution in [0.2, 0.25) is 0 Å². The molecule has 1 aliphatic heterocycles. The third-order valence-electron chi connectivity index (χ3n) is 4.55. The van der Waals surface area contributed by atoms with E-state index in [2.05, 4.69) is 0 Å². The van der Waals surface area contributed by atoms with Gasteiger partial charge in [-0.25, -0.2) is 8.42 Å². The zero-order valence-electron chi connectivity index (χ0n) is 15.2. The van der Waals surface area contributed by atoms with E-state index in [1.807, 2.05) is 31.2 Å². The molecule has 0 radical (unpaired) electrons. The lowest BCUT2D eigenvalue weighted by atomic mass is 10.0. The molecule has 1 aliphatic rings. The van der Waals surface area contributed by atoms with Gasteiger partial charge < -0.3 is 9.64 Å². The van der Waals surface area contributed by atoms with E-state index in [0.29, 0.717) is 12.3 Å². The van der Waals surface area contributed by atoms with E-state index in [-0.39, 0.29) is 10.8 Å². The predicted octanol–water partition coefficient (Wildman–Crippen LogP) is 3.15. The van der Waals surface area contributed by atoms with Gasteiger partial charge in [0.1, 0.15) is 5.75 Å². The van der Waals surface area contributed by atoms with Crippen LogP contribution in [0.1, 0.15) is 24.5 Å². The van der Waals surface area contributed by atoms with Crippen molar-refractivity contribution in [2.45, 2.75) is 37.7 Å². The van der Waals surface area contributed by atoms with E-state index in [0.717, 1.165) is 29.7 Å². The number of amides is 1. The number of aryl methyl sites for hydroxylation is 2. The molecule has 0 saturated heterocycles. The van der Waals surface area contributed by atoms with E-state index in [1.54, 1.807) is 30.0 Å². The molecule has 1 atom stereocenters. The highest BCUT2D eigenvalue weighted by atomic mass is 32.2. The predicted molar refractivity (Wildman–Crippen MR) is 101 cm³/mol. The molecule has 0 aromatic heterocycles. The first-order valence-electron chi connectivity index (χ1n) is 8.63. The largest absolute Gasteiger partial charge is 0.481 e. The van der Waals surface area contributed by atoms with E-state index >= 15 is 0 Å². The van der Waals surface area contributed by atoms with E-state index in [9.17, 15) is 13.2 Å². The van der Waals surface area contributed by atoms with Crippen molar-refractivity contribution in [3.05, 3.63) is 53.6 Å². The van der Waals surface area contributed by atoms with Crippen LogP contribution in [0.3, 0.4) is 0 Å². The quantitative estimate of drug-likeness (QED) is 0.826. The Hall–Kier alpha value is -2.34. The van der Waals surface area contributed by atoms with Crippen LogP contribution in [-0.4, -0.2) is 33.2 Å². The number of hydrogen-bond acceptors (Lipinski definition) is 4. The Balaban J connectivity index is 1.82. The fraction of sp³-hybridized carbons (Fsp3) is 0.350. The molecule has 26 heavy (non-hydrogen) atoms. The Labute approximate surface area is 154 Å². The Morgan fingerprint density at radius 1 is 1.15 bits per heavy atom. The molecule has 2 aromatic rings. The van der Waals surface area contributed by atoms with Gasteiger partial charge in [0, 0.05) is 18.5 Å². The first-order valence-corrected chi connectivity index (χ1v) is 10.5. The molecule has 1 unspecified atom stereocenters. The first kappa shape index (κ1) is 18.5. The lowest BCUT2D eigenvalue weighted by Gasteiger charge is -2.31. The SMILES string of the molecule is Cc1ccc(OC(C)C(=O)N2CCCc3cc(S(C)(=O)=O)ccc32)cc1. The number of hydrogen-bond donors (Lipinski definition) is 0. The van der Waals surface area contributed by atoms with Crippen molar-refractivity contribution in [2.24, 2.45) is 0 Å². The fourth-order valence-electron chi connectivity index (χ4n) is 3.12. The molecule has 138 valence electrons. The molecule has 0 spiro atoms. The van der Waals surface area contributed by atoms with E-state index in [4.69, 9.17) is 4.74 Å². The third-order valence-corrected chi connectivity index (χ3v) is 5.66. The first-order chi connectivity index (χ1) is 12.3. The zero-order chi connectivity index (χ0) is 18.9. The van der Waals surface area contributed by atoms with Gasteiger partial charge in [0.05, 0.1) is 4.90 Å². The smallest absolute Gasteiger partial charge is 0.267 e. The standard InChI is InChI=1S/C20H23NO4S/c1-14-6-8-17(9-7-14)25-15(2)20(22)21-12-4-5-16-13-18(26(3,23)24)10-11-19(16)21/h6-11,13,15H,4-5,12H2,1-3H3. The number of anilines is 1. The maximum Gasteiger partial charge on any atom is 0.267 e.